The van der Waals surface area contributed by atoms with Crippen LogP contribution in [0.1, 0.15) is 128 Å². The Labute approximate surface area is 219 Å². The number of aliphatic hydroxyl groups excluding tert-OH is 1. The number of methoxy groups -OCH3 is 1. The van der Waals surface area contributed by atoms with Gasteiger partial charge in [0.05, 0.1) is 5.60 Å². The van der Waals surface area contributed by atoms with Crippen LogP contribution in [0, 0.1) is 17.3 Å². The van der Waals surface area contributed by atoms with Crippen LogP contribution in [0.5, 0.6) is 0 Å². The van der Waals surface area contributed by atoms with Gasteiger partial charge in [0.1, 0.15) is 11.6 Å². The molecule has 4 atom stereocenters. The predicted molar refractivity (Wildman–Crippen MR) is 146 cm³/mol. The summed E-state index contributed by atoms with van der Waals surface area (Å²) in [4.78, 5) is 27.3. The number of hydrogen-bond acceptors (Lipinski definition) is 4. The fourth-order valence-electron chi connectivity index (χ4n) is 6.39. The highest BCUT2D eigenvalue weighted by molar-refractivity contribution is 5.92. The van der Waals surface area contributed by atoms with Crippen molar-refractivity contribution in [3.8, 4) is 0 Å². The summed E-state index contributed by atoms with van der Waals surface area (Å²) in [5.41, 5.74) is 2.00. The Morgan fingerprint density at radius 2 is 1.28 bits per heavy atom. The fraction of sp³-hybridized carbons (Fsp3) is 0.750. The van der Waals surface area contributed by atoms with Crippen molar-refractivity contribution >= 4 is 11.6 Å². The minimum atomic E-state index is -0.143. The average molecular weight is 499 g/mol. The molecule has 0 heterocycles. The third-order valence-corrected chi connectivity index (χ3v) is 9.05. The van der Waals surface area contributed by atoms with E-state index in [1.54, 1.807) is 7.11 Å². The highest BCUT2D eigenvalue weighted by Gasteiger charge is 2.37. The van der Waals surface area contributed by atoms with Crippen molar-refractivity contribution in [2.24, 2.45) is 17.3 Å². The minimum absolute atomic E-state index is 0.0751. The number of ketones is 2. The predicted octanol–water partition coefficient (Wildman–Crippen LogP) is 7.38. The second kappa shape index (κ2) is 12.8. The van der Waals surface area contributed by atoms with Crippen LogP contribution < -0.4 is 0 Å². The van der Waals surface area contributed by atoms with Gasteiger partial charge in [0, 0.05) is 37.4 Å². The first-order chi connectivity index (χ1) is 17.1. The molecule has 36 heavy (non-hydrogen) atoms. The van der Waals surface area contributed by atoms with Gasteiger partial charge in [-0.1, -0.05) is 57.4 Å². The Bertz CT molecular complexity index is 800. The number of carbonyl (C=O) groups excluding carboxylic acids is 2. The molecule has 0 bridgehead atoms. The van der Waals surface area contributed by atoms with Crippen LogP contribution in [0.15, 0.2) is 24.3 Å². The van der Waals surface area contributed by atoms with Gasteiger partial charge < -0.3 is 9.84 Å². The maximum atomic E-state index is 13.7. The van der Waals surface area contributed by atoms with Crippen LogP contribution in [-0.4, -0.2) is 36.0 Å². The van der Waals surface area contributed by atoms with Crippen molar-refractivity contribution < 1.29 is 19.4 Å². The highest BCUT2D eigenvalue weighted by atomic mass is 16.5. The summed E-state index contributed by atoms with van der Waals surface area (Å²) in [5, 5.41) is 9.56. The third-order valence-electron chi connectivity index (χ3n) is 9.05. The molecule has 1 aromatic carbocycles. The molecule has 0 spiro atoms. The second-order valence-electron chi connectivity index (χ2n) is 12.9. The molecule has 202 valence electrons. The third kappa shape index (κ3) is 7.51. The first kappa shape index (κ1) is 29.0. The molecule has 4 unspecified atom stereocenters. The van der Waals surface area contributed by atoms with E-state index in [9.17, 15) is 14.7 Å². The lowest BCUT2D eigenvalue weighted by molar-refractivity contribution is -0.128. The number of ether oxygens (including phenoxy) is 1. The van der Waals surface area contributed by atoms with E-state index in [2.05, 4.69) is 39.8 Å². The molecule has 2 saturated carbocycles. The van der Waals surface area contributed by atoms with Crippen molar-refractivity contribution in [1.82, 2.24) is 0 Å². The van der Waals surface area contributed by atoms with Gasteiger partial charge in [-0.25, -0.2) is 0 Å². The zero-order valence-electron chi connectivity index (χ0n) is 23.5. The maximum Gasteiger partial charge on any atom is 0.143 e. The summed E-state index contributed by atoms with van der Waals surface area (Å²) in [6.07, 6.45) is 11.6. The standard InChI is InChI=1S/C32H50O4/c1-31(2,22-33)20-10-14-23-12-8-18-27(29(23)34)25-16-6-7-17-26(25)28-19-9-13-24(30(28)35)15-11-21-32(3,4)36-5/h6-7,16-17,23-24,27-28,33H,8-15,18-22H2,1-5H3. The summed E-state index contributed by atoms with van der Waals surface area (Å²) < 4.78 is 5.56. The summed E-state index contributed by atoms with van der Waals surface area (Å²) >= 11 is 0. The van der Waals surface area contributed by atoms with Crippen LogP contribution in [0.3, 0.4) is 0 Å². The molecule has 1 N–H and O–H groups in total. The lowest BCUT2D eigenvalue weighted by Crippen LogP contribution is -2.31. The van der Waals surface area contributed by atoms with E-state index in [0.717, 1.165) is 88.2 Å². The van der Waals surface area contributed by atoms with Crippen molar-refractivity contribution in [2.75, 3.05) is 13.7 Å². The average Bonchev–Trinajstić information content (AvgIpc) is 2.86. The van der Waals surface area contributed by atoms with Crippen LogP contribution in [0.4, 0.5) is 0 Å². The van der Waals surface area contributed by atoms with Gasteiger partial charge in [0.25, 0.3) is 0 Å². The van der Waals surface area contributed by atoms with Crippen LogP contribution in [0.25, 0.3) is 0 Å². The van der Waals surface area contributed by atoms with E-state index >= 15 is 0 Å². The van der Waals surface area contributed by atoms with E-state index in [-0.39, 0.29) is 41.3 Å². The van der Waals surface area contributed by atoms with Gasteiger partial charge >= 0.3 is 0 Å². The summed E-state index contributed by atoms with van der Waals surface area (Å²) in [6.45, 7) is 8.57. The minimum Gasteiger partial charge on any atom is -0.396 e. The number of hydrogen-bond donors (Lipinski definition) is 1. The summed E-state index contributed by atoms with van der Waals surface area (Å²) in [7, 11) is 1.76. The quantitative estimate of drug-likeness (QED) is 0.327. The molecule has 0 amide bonds. The zero-order valence-corrected chi connectivity index (χ0v) is 23.5. The number of Topliss-reactive ketones (excluding diaryl/α,β-unsaturated/α-hetero) is 2. The molecular formula is C32H50O4. The van der Waals surface area contributed by atoms with Crippen LogP contribution >= 0.6 is 0 Å². The van der Waals surface area contributed by atoms with Gasteiger partial charge in [0.2, 0.25) is 0 Å². The van der Waals surface area contributed by atoms with Crippen molar-refractivity contribution in [2.45, 2.75) is 122 Å². The zero-order chi connectivity index (χ0) is 26.3. The molecule has 2 aliphatic rings. The topological polar surface area (TPSA) is 63.6 Å². The van der Waals surface area contributed by atoms with Crippen LogP contribution in [0.2, 0.25) is 0 Å². The normalized spacial score (nSPS) is 25.8. The van der Waals surface area contributed by atoms with E-state index in [4.69, 9.17) is 4.74 Å². The molecule has 3 rings (SSSR count). The summed E-state index contributed by atoms with van der Waals surface area (Å²) in [6, 6.07) is 8.32. The SMILES string of the molecule is COC(C)(C)CCCC1CCCC(c2ccccc2C2CCCC(CCCC(C)(C)CO)C2=O)C1=O. The van der Waals surface area contributed by atoms with E-state index in [0.29, 0.717) is 11.6 Å². The van der Waals surface area contributed by atoms with E-state index in [1.165, 1.54) is 0 Å². The van der Waals surface area contributed by atoms with Gasteiger partial charge in [-0.05, 0) is 88.2 Å². The van der Waals surface area contributed by atoms with Crippen molar-refractivity contribution in [3.63, 3.8) is 0 Å². The molecule has 2 aliphatic carbocycles. The monoisotopic (exact) mass is 498 g/mol. The van der Waals surface area contributed by atoms with Crippen molar-refractivity contribution in [3.05, 3.63) is 35.4 Å². The lowest BCUT2D eigenvalue weighted by Gasteiger charge is -2.34. The Morgan fingerprint density at radius 1 is 0.806 bits per heavy atom. The van der Waals surface area contributed by atoms with Gasteiger partial charge in [-0.2, -0.15) is 0 Å². The fourth-order valence-corrected chi connectivity index (χ4v) is 6.39. The maximum absolute atomic E-state index is 13.7. The molecule has 4 heteroatoms. The smallest absolute Gasteiger partial charge is 0.143 e. The van der Waals surface area contributed by atoms with Gasteiger partial charge in [-0.15, -0.1) is 0 Å². The van der Waals surface area contributed by atoms with E-state index in [1.807, 2.05) is 12.1 Å². The molecule has 0 aliphatic heterocycles. The Hall–Kier alpha value is -1.52. The largest absolute Gasteiger partial charge is 0.396 e. The first-order valence-corrected chi connectivity index (χ1v) is 14.4. The second-order valence-corrected chi connectivity index (χ2v) is 12.9. The summed E-state index contributed by atoms with van der Waals surface area (Å²) in [5.74, 6) is 0.821. The van der Waals surface area contributed by atoms with Crippen LogP contribution in [-0.2, 0) is 14.3 Å². The Morgan fingerprint density at radius 3 is 1.72 bits per heavy atom. The highest BCUT2D eigenvalue weighted by Crippen LogP contribution is 2.43. The molecular weight excluding hydrogens is 448 g/mol. The molecule has 1 aromatic rings. The Kier molecular flexibility index (Phi) is 10.3. The number of aliphatic hydroxyl groups is 1. The van der Waals surface area contributed by atoms with E-state index < -0.39 is 0 Å². The molecule has 0 aromatic heterocycles. The number of carbonyl (C=O) groups is 2. The lowest BCUT2D eigenvalue weighted by atomic mass is 9.69. The number of rotatable bonds is 12. The molecule has 4 nitrogen and oxygen atoms in total. The van der Waals surface area contributed by atoms with Gasteiger partial charge in [-0.3, -0.25) is 9.59 Å². The Balaban J connectivity index is 1.70. The first-order valence-electron chi connectivity index (χ1n) is 14.4. The molecule has 0 saturated heterocycles. The number of benzene rings is 1. The van der Waals surface area contributed by atoms with Gasteiger partial charge in [0.15, 0.2) is 0 Å². The molecule has 0 radical (unpaired) electrons. The van der Waals surface area contributed by atoms with Crippen molar-refractivity contribution in [1.29, 1.82) is 0 Å². The molecule has 2 fully saturated rings.